The number of H-pyrrole nitrogens is 1. The van der Waals surface area contributed by atoms with Gasteiger partial charge in [-0.2, -0.15) is 0 Å². The van der Waals surface area contributed by atoms with Crippen LogP contribution in [0.1, 0.15) is 27.0 Å². The van der Waals surface area contributed by atoms with Crippen molar-refractivity contribution in [1.29, 1.82) is 0 Å². The Morgan fingerprint density at radius 2 is 1.65 bits per heavy atom. The third-order valence-corrected chi connectivity index (χ3v) is 4.11. The zero-order chi connectivity index (χ0) is 16.0. The molecular formula is C19H14N2O2. The summed E-state index contributed by atoms with van der Waals surface area (Å²) in [7, 11) is 0. The lowest BCUT2D eigenvalue weighted by atomic mass is 9.97. The summed E-state index contributed by atoms with van der Waals surface area (Å²) in [5.41, 5.74) is 4.77. The maximum absolute atomic E-state index is 12.4. The van der Waals surface area contributed by atoms with Crippen LogP contribution in [0.4, 0.5) is 0 Å². The molecule has 1 amide bonds. The third kappa shape index (κ3) is 1.99. The lowest BCUT2D eigenvalue weighted by Crippen LogP contribution is -2.02. The van der Waals surface area contributed by atoms with Gasteiger partial charge >= 0.3 is 0 Å². The fourth-order valence-corrected chi connectivity index (χ4v) is 3.00. The van der Waals surface area contributed by atoms with E-state index in [4.69, 9.17) is 0 Å². The summed E-state index contributed by atoms with van der Waals surface area (Å²) in [6.45, 7) is 1.96. The summed E-state index contributed by atoms with van der Waals surface area (Å²) in [6.07, 6.45) is 0. The molecule has 4 heteroatoms. The van der Waals surface area contributed by atoms with E-state index >= 15 is 0 Å². The van der Waals surface area contributed by atoms with Crippen molar-refractivity contribution in [3.05, 3.63) is 76.9 Å². The van der Waals surface area contributed by atoms with Crippen LogP contribution in [0.5, 0.6) is 5.88 Å². The molecule has 0 radical (unpaired) electrons. The molecule has 1 aliphatic heterocycles. The van der Waals surface area contributed by atoms with Crippen LogP contribution in [0.15, 0.2) is 59.6 Å². The highest BCUT2D eigenvalue weighted by Crippen LogP contribution is 2.38. The molecule has 0 saturated carbocycles. The number of aliphatic imine (C=N–C) groups is 1. The molecule has 4 rings (SSSR count). The number of hydrogen-bond acceptors (Lipinski definition) is 2. The van der Waals surface area contributed by atoms with Gasteiger partial charge in [-0.3, -0.25) is 4.79 Å². The molecule has 0 fully saturated rings. The maximum atomic E-state index is 12.4. The van der Waals surface area contributed by atoms with Crippen LogP contribution in [-0.2, 0) is 0 Å². The number of nitrogens with one attached hydrogen (secondary N) is 1. The molecule has 2 N–H and O–H groups in total. The molecule has 0 saturated heterocycles. The minimum absolute atomic E-state index is 0.0216. The van der Waals surface area contributed by atoms with Crippen molar-refractivity contribution in [2.45, 2.75) is 6.92 Å². The Kier molecular flexibility index (Phi) is 2.91. The Labute approximate surface area is 133 Å². The number of nitrogens with zero attached hydrogens (tertiary/aromatic N) is 1. The Bertz CT molecular complexity index is 953. The van der Waals surface area contributed by atoms with E-state index in [1.54, 1.807) is 0 Å². The van der Waals surface area contributed by atoms with Crippen LogP contribution in [0.2, 0.25) is 0 Å². The van der Waals surface area contributed by atoms with E-state index in [1.807, 2.05) is 61.5 Å². The number of rotatable bonds is 2. The van der Waals surface area contributed by atoms with E-state index < -0.39 is 0 Å². The second-order valence-electron chi connectivity index (χ2n) is 5.55. The second-order valence-corrected chi connectivity index (χ2v) is 5.55. The normalized spacial score (nSPS) is 13.1. The van der Waals surface area contributed by atoms with Crippen LogP contribution in [-0.4, -0.2) is 21.7 Å². The number of amides is 1. The number of aromatic hydroxyl groups is 1. The molecular weight excluding hydrogens is 288 g/mol. The van der Waals surface area contributed by atoms with Crippen LogP contribution in [0.25, 0.3) is 11.3 Å². The van der Waals surface area contributed by atoms with Gasteiger partial charge in [0, 0.05) is 5.56 Å². The van der Waals surface area contributed by atoms with Gasteiger partial charge in [-0.25, -0.2) is 4.99 Å². The topological polar surface area (TPSA) is 65.5 Å². The van der Waals surface area contributed by atoms with Gasteiger partial charge in [0.2, 0.25) is 0 Å². The van der Waals surface area contributed by atoms with Crippen LogP contribution >= 0.6 is 0 Å². The van der Waals surface area contributed by atoms with Crippen LogP contribution < -0.4 is 0 Å². The fraction of sp³-hybridized carbons (Fsp3) is 0.0526. The number of carbonyl (C=O) groups is 1. The van der Waals surface area contributed by atoms with Crippen molar-refractivity contribution in [1.82, 2.24) is 4.98 Å². The molecule has 0 aliphatic carbocycles. The van der Waals surface area contributed by atoms with Gasteiger partial charge in [-0.1, -0.05) is 54.6 Å². The van der Waals surface area contributed by atoms with Gasteiger partial charge in [-0.15, -0.1) is 0 Å². The minimum atomic E-state index is -0.325. The Balaban J connectivity index is 1.94. The smallest absolute Gasteiger partial charge is 0.280 e. The second kappa shape index (κ2) is 4.95. The first-order chi connectivity index (χ1) is 11.2. The molecule has 0 spiro atoms. The van der Waals surface area contributed by atoms with Crippen LogP contribution in [0.3, 0.4) is 0 Å². The van der Waals surface area contributed by atoms with Crippen molar-refractivity contribution in [2.75, 3.05) is 0 Å². The van der Waals surface area contributed by atoms with E-state index in [2.05, 4.69) is 9.98 Å². The van der Waals surface area contributed by atoms with E-state index in [1.165, 1.54) is 0 Å². The first kappa shape index (κ1) is 13.5. The molecule has 2 aromatic carbocycles. The van der Waals surface area contributed by atoms with Crippen molar-refractivity contribution in [3.8, 4) is 17.1 Å². The summed E-state index contributed by atoms with van der Waals surface area (Å²) in [4.78, 5) is 19.6. The van der Waals surface area contributed by atoms with E-state index in [0.29, 0.717) is 22.5 Å². The summed E-state index contributed by atoms with van der Waals surface area (Å²) >= 11 is 0. The monoisotopic (exact) mass is 302 g/mol. The number of hydrogen-bond donors (Lipinski definition) is 2. The Hall–Kier alpha value is -3.14. The van der Waals surface area contributed by atoms with Gasteiger partial charge in [0.1, 0.15) is 0 Å². The van der Waals surface area contributed by atoms with Gasteiger partial charge in [0.15, 0.2) is 5.88 Å². The lowest BCUT2D eigenvalue weighted by molar-refractivity contribution is 0.101. The van der Waals surface area contributed by atoms with Gasteiger partial charge in [0.05, 0.1) is 22.5 Å². The molecule has 3 aromatic rings. The predicted molar refractivity (Wildman–Crippen MR) is 89.0 cm³/mol. The maximum Gasteiger partial charge on any atom is 0.280 e. The quantitative estimate of drug-likeness (QED) is 0.758. The number of carbonyl (C=O) groups excluding carboxylic acids is 1. The highest BCUT2D eigenvalue weighted by Gasteiger charge is 2.33. The van der Waals surface area contributed by atoms with Crippen molar-refractivity contribution in [2.24, 2.45) is 4.99 Å². The van der Waals surface area contributed by atoms with Crippen molar-refractivity contribution in [3.63, 3.8) is 0 Å². The average Bonchev–Trinajstić information content (AvgIpc) is 3.08. The van der Waals surface area contributed by atoms with Gasteiger partial charge < -0.3 is 10.1 Å². The number of fused-ring (bicyclic) bond motifs is 1. The molecule has 1 aromatic heterocycles. The summed E-state index contributed by atoms with van der Waals surface area (Å²) in [5.74, 6) is -0.347. The van der Waals surface area contributed by atoms with Gasteiger partial charge in [0.25, 0.3) is 5.91 Å². The van der Waals surface area contributed by atoms with Crippen molar-refractivity contribution >= 4 is 11.6 Å². The molecule has 0 unspecified atom stereocenters. The molecule has 23 heavy (non-hydrogen) atoms. The molecule has 1 aliphatic rings. The lowest BCUT2D eigenvalue weighted by Gasteiger charge is -2.05. The molecule has 2 heterocycles. The number of benzene rings is 2. The van der Waals surface area contributed by atoms with Gasteiger partial charge in [-0.05, 0) is 18.1 Å². The Morgan fingerprint density at radius 3 is 2.39 bits per heavy atom. The molecule has 0 bridgehead atoms. The van der Waals surface area contributed by atoms with Crippen LogP contribution in [0, 0.1) is 6.92 Å². The Morgan fingerprint density at radius 1 is 0.957 bits per heavy atom. The average molecular weight is 302 g/mol. The summed E-state index contributed by atoms with van der Waals surface area (Å²) < 4.78 is 0. The molecule has 4 nitrogen and oxygen atoms in total. The minimum Gasteiger partial charge on any atom is -0.494 e. The first-order valence-electron chi connectivity index (χ1n) is 7.36. The predicted octanol–water partition coefficient (Wildman–Crippen LogP) is 3.69. The zero-order valence-corrected chi connectivity index (χ0v) is 12.5. The zero-order valence-electron chi connectivity index (χ0n) is 12.5. The van der Waals surface area contributed by atoms with E-state index in [0.717, 1.165) is 16.7 Å². The summed E-state index contributed by atoms with van der Waals surface area (Å²) in [6, 6.07) is 17.2. The van der Waals surface area contributed by atoms with E-state index in [9.17, 15) is 9.90 Å². The van der Waals surface area contributed by atoms with Crippen molar-refractivity contribution < 1.29 is 9.90 Å². The molecule has 112 valence electrons. The SMILES string of the molecule is Cc1ccccc1C1=NC(=O)c2c(-c3ccccc3)[nH]c(O)c21. The molecule has 0 atom stereocenters. The first-order valence-corrected chi connectivity index (χ1v) is 7.36. The highest BCUT2D eigenvalue weighted by atomic mass is 16.3. The summed E-state index contributed by atoms with van der Waals surface area (Å²) in [5, 5.41) is 10.4. The largest absolute Gasteiger partial charge is 0.494 e. The standard InChI is InChI=1S/C19H14N2O2/c1-11-7-5-6-10-13(11)17-15-14(18(22)21-17)16(20-19(15)23)12-8-3-2-4-9-12/h2-10,20,23H,1H3. The number of aromatic amines is 1. The van der Waals surface area contributed by atoms with E-state index in [-0.39, 0.29) is 11.8 Å². The third-order valence-electron chi connectivity index (χ3n) is 4.11. The fourth-order valence-electron chi connectivity index (χ4n) is 3.00. The number of aromatic nitrogens is 1. The highest BCUT2D eigenvalue weighted by molar-refractivity contribution is 6.30. The number of aryl methyl sites for hydroxylation is 1.